The number of hydrogen-bond donors (Lipinski definition) is 0. The van der Waals surface area contributed by atoms with Crippen molar-refractivity contribution in [3.8, 4) is 11.4 Å². The summed E-state index contributed by atoms with van der Waals surface area (Å²) in [6.07, 6.45) is 0. The molecule has 0 saturated carbocycles. The molecule has 8 heteroatoms. The van der Waals surface area contributed by atoms with Crippen LogP contribution in [0.5, 0.6) is 0 Å². The fraction of sp³-hybridized carbons (Fsp3) is 0.278. The molecule has 0 bridgehead atoms. The molecule has 1 aromatic carbocycles. The summed E-state index contributed by atoms with van der Waals surface area (Å²) >= 11 is 7.49. The molecule has 0 atom stereocenters. The molecule has 134 valence electrons. The third kappa shape index (κ3) is 3.80. The molecule has 0 N–H and O–H groups in total. The van der Waals surface area contributed by atoms with E-state index in [-0.39, 0.29) is 5.91 Å². The van der Waals surface area contributed by atoms with Crippen molar-refractivity contribution in [2.24, 2.45) is 0 Å². The zero-order chi connectivity index (χ0) is 17.9. The van der Waals surface area contributed by atoms with Crippen LogP contribution in [0.3, 0.4) is 0 Å². The van der Waals surface area contributed by atoms with E-state index in [1.807, 2.05) is 46.7 Å². The van der Waals surface area contributed by atoms with Crippen molar-refractivity contribution in [3.05, 3.63) is 57.6 Å². The minimum absolute atomic E-state index is 0.112. The Morgan fingerprint density at radius 2 is 2.04 bits per heavy atom. The zero-order valence-corrected chi connectivity index (χ0v) is 15.5. The van der Waals surface area contributed by atoms with Gasteiger partial charge in [0.2, 0.25) is 11.7 Å². The Morgan fingerprint density at radius 3 is 2.77 bits per heavy atom. The van der Waals surface area contributed by atoms with E-state index in [1.165, 1.54) is 11.3 Å². The van der Waals surface area contributed by atoms with E-state index >= 15 is 0 Å². The highest BCUT2D eigenvalue weighted by molar-refractivity contribution is 7.12. The molecule has 0 aliphatic carbocycles. The summed E-state index contributed by atoms with van der Waals surface area (Å²) in [5.41, 5.74) is 0.832. The second-order valence-electron chi connectivity index (χ2n) is 6.07. The molecule has 6 nitrogen and oxygen atoms in total. The van der Waals surface area contributed by atoms with Crippen LogP contribution in [0.15, 0.2) is 46.3 Å². The molecule has 1 fully saturated rings. The first-order valence-electron chi connectivity index (χ1n) is 8.33. The summed E-state index contributed by atoms with van der Waals surface area (Å²) in [5.74, 6) is 1.22. The number of piperazine rings is 1. The number of carbonyl (C=O) groups excluding carboxylic acids is 1. The van der Waals surface area contributed by atoms with Crippen LogP contribution in [0, 0.1) is 0 Å². The summed E-state index contributed by atoms with van der Waals surface area (Å²) in [7, 11) is 0. The Labute approximate surface area is 160 Å². The van der Waals surface area contributed by atoms with Crippen LogP contribution in [0.4, 0.5) is 0 Å². The van der Waals surface area contributed by atoms with E-state index in [1.54, 1.807) is 0 Å². The highest BCUT2D eigenvalue weighted by atomic mass is 35.5. The van der Waals surface area contributed by atoms with E-state index in [2.05, 4.69) is 15.0 Å². The molecular formula is C18H17ClN4O2S. The lowest BCUT2D eigenvalue weighted by Gasteiger charge is -2.33. The first-order valence-corrected chi connectivity index (χ1v) is 9.58. The van der Waals surface area contributed by atoms with Gasteiger partial charge in [0.25, 0.3) is 5.91 Å². The molecular weight excluding hydrogens is 372 g/mol. The monoisotopic (exact) mass is 388 g/mol. The normalized spacial score (nSPS) is 15.3. The number of carbonyl (C=O) groups is 1. The fourth-order valence-corrected chi connectivity index (χ4v) is 3.80. The average Bonchev–Trinajstić information content (AvgIpc) is 3.34. The van der Waals surface area contributed by atoms with Crippen LogP contribution in [-0.2, 0) is 6.54 Å². The van der Waals surface area contributed by atoms with Gasteiger partial charge in [0.15, 0.2) is 0 Å². The van der Waals surface area contributed by atoms with Gasteiger partial charge in [0.1, 0.15) is 0 Å². The van der Waals surface area contributed by atoms with Gasteiger partial charge in [-0.2, -0.15) is 4.98 Å². The maximum absolute atomic E-state index is 12.4. The lowest BCUT2D eigenvalue weighted by Crippen LogP contribution is -2.48. The summed E-state index contributed by atoms with van der Waals surface area (Å²) in [4.78, 5) is 21.7. The maximum Gasteiger partial charge on any atom is 0.264 e. The van der Waals surface area contributed by atoms with Crippen LogP contribution in [0.1, 0.15) is 15.6 Å². The Hall–Kier alpha value is -2.22. The molecule has 26 heavy (non-hydrogen) atoms. The Bertz CT molecular complexity index is 888. The minimum Gasteiger partial charge on any atom is -0.338 e. The second kappa shape index (κ2) is 7.57. The Balaban J connectivity index is 1.34. The van der Waals surface area contributed by atoms with Crippen molar-refractivity contribution in [3.63, 3.8) is 0 Å². The molecule has 4 rings (SSSR count). The molecule has 3 aromatic rings. The smallest absolute Gasteiger partial charge is 0.264 e. The molecule has 2 aromatic heterocycles. The van der Waals surface area contributed by atoms with Gasteiger partial charge in [0, 0.05) is 36.8 Å². The zero-order valence-electron chi connectivity index (χ0n) is 14.0. The van der Waals surface area contributed by atoms with E-state index < -0.39 is 0 Å². The van der Waals surface area contributed by atoms with Gasteiger partial charge in [-0.15, -0.1) is 11.3 Å². The minimum atomic E-state index is 0.112. The third-order valence-corrected chi connectivity index (χ3v) is 5.39. The summed E-state index contributed by atoms with van der Waals surface area (Å²) in [6, 6.07) is 11.2. The molecule has 1 amide bonds. The van der Waals surface area contributed by atoms with Crippen LogP contribution >= 0.6 is 22.9 Å². The number of nitrogens with zero attached hydrogens (tertiary/aromatic N) is 4. The standard InChI is InChI=1S/C18H17ClN4O2S/c19-14-4-1-3-13(11-14)17-20-16(25-21-17)12-22-6-8-23(9-7-22)18(24)15-5-2-10-26-15/h1-5,10-11H,6-9,12H2. The van der Waals surface area contributed by atoms with Crippen molar-refractivity contribution in [2.45, 2.75) is 6.54 Å². The van der Waals surface area contributed by atoms with Crippen molar-refractivity contribution in [1.29, 1.82) is 0 Å². The van der Waals surface area contributed by atoms with Crippen LogP contribution < -0.4 is 0 Å². The van der Waals surface area contributed by atoms with E-state index in [0.717, 1.165) is 23.5 Å². The number of amides is 1. The van der Waals surface area contributed by atoms with E-state index in [9.17, 15) is 4.79 Å². The van der Waals surface area contributed by atoms with Gasteiger partial charge in [0.05, 0.1) is 11.4 Å². The lowest BCUT2D eigenvalue weighted by molar-refractivity contribution is 0.0620. The highest BCUT2D eigenvalue weighted by Gasteiger charge is 2.24. The molecule has 1 saturated heterocycles. The quantitative estimate of drug-likeness (QED) is 0.685. The van der Waals surface area contributed by atoms with Crippen LogP contribution in [0.25, 0.3) is 11.4 Å². The van der Waals surface area contributed by atoms with Gasteiger partial charge in [-0.05, 0) is 23.6 Å². The SMILES string of the molecule is O=C(c1cccs1)N1CCN(Cc2nc(-c3cccc(Cl)c3)no2)CC1. The number of hydrogen-bond acceptors (Lipinski definition) is 6. The van der Waals surface area contributed by atoms with Crippen molar-refractivity contribution < 1.29 is 9.32 Å². The van der Waals surface area contributed by atoms with Crippen molar-refractivity contribution >= 4 is 28.8 Å². The van der Waals surface area contributed by atoms with Gasteiger partial charge >= 0.3 is 0 Å². The Morgan fingerprint density at radius 1 is 1.19 bits per heavy atom. The third-order valence-electron chi connectivity index (χ3n) is 4.30. The topological polar surface area (TPSA) is 62.5 Å². The number of benzene rings is 1. The predicted octanol–water partition coefficient (Wildman–Crippen LogP) is 3.41. The first-order chi connectivity index (χ1) is 12.7. The number of aromatic nitrogens is 2. The number of thiophene rings is 1. The van der Waals surface area contributed by atoms with Gasteiger partial charge in [-0.25, -0.2) is 0 Å². The summed E-state index contributed by atoms with van der Waals surface area (Å²) in [5, 5.41) is 6.60. The number of halogens is 1. The largest absolute Gasteiger partial charge is 0.338 e. The molecule has 1 aliphatic heterocycles. The van der Waals surface area contributed by atoms with Gasteiger partial charge in [-0.3, -0.25) is 9.69 Å². The van der Waals surface area contributed by atoms with Crippen LogP contribution in [0.2, 0.25) is 5.02 Å². The van der Waals surface area contributed by atoms with Crippen molar-refractivity contribution in [2.75, 3.05) is 26.2 Å². The van der Waals surface area contributed by atoms with Crippen LogP contribution in [-0.4, -0.2) is 52.0 Å². The van der Waals surface area contributed by atoms with E-state index in [4.69, 9.17) is 16.1 Å². The van der Waals surface area contributed by atoms with Gasteiger partial charge in [-0.1, -0.05) is 35.0 Å². The van der Waals surface area contributed by atoms with Crippen molar-refractivity contribution in [1.82, 2.24) is 19.9 Å². The Kier molecular flexibility index (Phi) is 5.01. The summed E-state index contributed by atoms with van der Waals surface area (Å²) < 4.78 is 5.37. The molecule has 0 unspecified atom stereocenters. The fourth-order valence-electron chi connectivity index (χ4n) is 2.92. The maximum atomic E-state index is 12.4. The summed E-state index contributed by atoms with van der Waals surface area (Å²) in [6.45, 7) is 3.55. The highest BCUT2D eigenvalue weighted by Crippen LogP contribution is 2.20. The van der Waals surface area contributed by atoms with Gasteiger partial charge < -0.3 is 9.42 Å². The van der Waals surface area contributed by atoms with E-state index in [0.29, 0.717) is 36.4 Å². The molecule has 3 heterocycles. The molecule has 1 aliphatic rings. The number of rotatable bonds is 4. The molecule has 0 radical (unpaired) electrons. The lowest BCUT2D eigenvalue weighted by atomic mass is 10.2. The molecule has 0 spiro atoms. The second-order valence-corrected chi connectivity index (χ2v) is 7.45. The first kappa shape index (κ1) is 17.2. The average molecular weight is 389 g/mol. The predicted molar refractivity (Wildman–Crippen MR) is 100 cm³/mol.